The molecule has 2 rings (SSSR count). The fraction of sp³-hybridized carbons (Fsp3) is 0.588. The smallest absolute Gasteiger partial charge is 0.355 e. The summed E-state index contributed by atoms with van der Waals surface area (Å²) in [6, 6.07) is 5.53. The first-order chi connectivity index (χ1) is 10.9. The summed E-state index contributed by atoms with van der Waals surface area (Å²) in [5.74, 6) is -0.149. The average molecular weight is 328 g/mol. The second-order valence-electron chi connectivity index (χ2n) is 6.23. The van der Waals surface area contributed by atoms with E-state index in [1.165, 1.54) is 12.1 Å². The highest BCUT2D eigenvalue weighted by Crippen LogP contribution is 2.41. The first-order valence-electron chi connectivity index (χ1n) is 8.02. The molecule has 3 nitrogen and oxygen atoms in total. The first kappa shape index (κ1) is 17.8. The zero-order valence-corrected chi connectivity index (χ0v) is 13.1. The zero-order chi connectivity index (χ0) is 16.9. The lowest BCUT2D eigenvalue weighted by molar-refractivity contribution is -0.137. The molecule has 23 heavy (non-hydrogen) atoms. The molecule has 0 heterocycles. The number of nitrogens with one attached hydrogen (secondary N) is 1. The second-order valence-corrected chi connectivity index (χ2v) is 6.23. The molecule has 0 atom stereocenters. The number of hydrogen-bond acceptors (Lipinski definition) is 2. The van der Waals surface area contributed by atoms with Gasteiger partial charge in [0.2, 0.25) is 5.91 Å². The molecule has 128 valence electrons. The summed E-state index contributed by atoms with van der Waals surface area (Å²) < 4.78 is 39.0. The number of benzene rings is 1. The van der Waals surface area contributed by atoms with Crippen LogP contribution in [0.2, 0.25) is 0 Å². The SMILES string of the molecule is NCCC(=O)NCC1(c2cccc(C(F)(F)F)c2)CCCCC1. The van der Waals surface area contributed by atoms with Crippen LogP contribution in [-0.4, -0.2) is 19.0 Å². The standard InChI is InChI=1S/C17H23F3N2O/c18-17(19,20)14-6-4-5-13(11-14)16(8-2-1-3-9-16)12-22-15(23)7-10-21/h4-6,11H,1-3,7-10,12,21H2,(H,22,23). The van der Waals surface area contributed by atoms with Crippen LogP contribution in [0.5, 0.6) is 0 Å². The van der Waals surface area contributed by atoms with Crippen molar-refractivity contribution < 1.29 is 18.0 Å². The zero-order valence-electron chi connectivity index (χ0n) is 13.1. The van der Waals surface area contributed by atoms with Crippen LogP contribution in [0.15, 0.2) is 24.3 Å². The number of rotatable bonds is 5. The van der Waals surface area contributed by atoms with Gasteiger partial charge in [-0.2, -0.15) is 13.2 Å². The molecule has 1 aromatic rings. The van der Waals surface area contributed by atoms with Gasteiger partial charge >= 0.3 is 6.18 Å². The summed E-state index contributed by atoms with van der Waals surface area (Å²) in [5.41, 5.74) is 4.99. The van der Waals surface area contributed by atoms with Crippen LogP contribution < -0.4 is 11.1 Å². The molecule has 1 amide bonds. The summed E-state index contributed by atoms with van der Waals surface area (Å²) in [4.78, 5) is 11.7. The van der Waals surface area contributed by atoms with Crippen molar-refractivity contribution in [3.63, 3.8) is 0 Å². The molecule has 1 aliphatic rings. The molecule has 1 aromatic carbocycles. The van der Waals surface area contributed by atoms with Gasteiger partial charge in [-0.05, 0) is 24.5 Å². The van der Waals surface area contributed by atoms with Gasteiger partial charge in [0.1, 0.15) is 0 Å². The number of carbonyl (C=O) groups is 1. The van der Waals surface area contributed by atoms with Crippen LogP contribution in [0.3, 0.4) is 0 Å². The Balaban J connectivity index is 2.25. The third-order valence-corrected chi connectivity index (χ3v) is 4.61. The van der Waals surface area contributed by atoms with Crippen molar-refractivity contribution in [2.24, 2.45) is 5.73 Å². The van der Waals surface area contributed by atoms with Gasteiger partial charge in [0.15, 0.2) is 0 Å². The molecule has 1 aliphatic carbocycles. The van der Waals surface area contributed by atoms with Crippen LogP contribution in [0.1, 0.15) is 49.7 Å². The van der Waals surface area contributed by atoms with Crippen LogP contribution >= 0.6 is 0 Å². The van der Waals surface area contributed by atoms with Gasteiger partial charge in [0.05, 0.1) is 5.56 Å². The Hall–Kier alpha value is -1.56. The van der Waals surface area contributed by atoms with Gasteiger partial charge in [-0.3, -0.25) is 4.79 Å². The predicted octanol–water partition coefficient (Wildman–Crippen LogP) is 3.37. The molecular weight excluding hydrogens is 305 g/mol. The van der Waals surface area contributed by atoms with E-state index in [0.29, 0.717) is 12.1 Å². The highest BCUT2D eigenvalue weighted by atomic mass is 19.4. The molecule has 3 N–H and O–H groups in total. The summed E-state index contributed by atoms with van der Waals surface area (Å²) in [5, 5.41) is 2.85. The van der Waals surface area contributed by atoms with Crippen molar-refractivity contribution in [1.29, 1.82) is 0 Å². The highest BCUT2D eigenvalue weighted by Gasteiger charge is 2.37. The summed E-state index contributed by atoms with van der Waals surface area (Å²) in [6.45, 7) is 0.634. The van der Waals surface area contributed by atoms with Crippen molar-refractivity contribution in [2.75, 3.05) is 13.1 Å². The minimum absolute atomic E-state index is 0.149. The number of hydrogen-bond donors (Lipinski definition) is 2. The van der Waals surface area contributed by atoms with Crippen molar-refractivity contribution in [1.82, 2.24) is 5.32 Å². The average Bonchev–Trinajstić information content (AvgIpc) is 2.53. The maximum Gasteiger partial charge on any atom is 0.416 e. The normalized spacial score (nSPS) is 17.7. The molecule has 1 fully saturated rings. The van der Waals surface area contributed by atoms with E-state index in [-0.39, 0.29) is 18.9 Å². The van der Waals surface area contributed by atoms with Gasteiger partial charge in [0, 0.05) is 24.9 Å². The summed E-state index contributed by atoms with van der Waals surface area (Å²) in [7, 11) is 0. The third-order valence-electron chi connectivity index (χ3n) is 4.61. The van der Waals surface area contributed by atoms with E-state index in [0.717, 1.165) is 38.2 Å². The molecule has 0 aromatic heterocycles. The molecule has 0 aliphatic heterocycles. The Morgan fingerprint density at radius 2 is 1.91 bits per heavy atom. The summed E-state index contributed by atoms with van der Waals surface area (Å²) in [6.07, 6.45) is 0.464. The minimum atomic E-state index is -4.35. The number of amides is 1. The molecule has 1 saturated carbocycles. The van der Waals surface area contributed by atoms with E-state index < -0.39 is 17.2 Å². The monoisotopic (exact) mass is 328 g/mol. The molecule has 0 spiro atoms. The molecule has 6 heteroatoms. The van der Waals surface area contributed by atoms with Crippen LogP contribution in [0.4, 0.5) is 13.2 Å². The molecular formula is C17H23F3N2O. The maximum absolute atomic E-state index is 13.0. The van der Waals surface area contributed by atoms with E-state index in [1.807, 2.05) is 0 Å². The predicted molar refractivity (Wildman–Crippen MR) is 82.9 cm³/mol. The van der Waals surface area contributed by atoms with Crippen molar-refractivity contribution >= 4 is 5.91 Å². The lowest BCUT2D eigenvalue weighted by Crippen LogP contribution is -2.42. The van der Waals surface area contributed by atoms with E-state index in [1.54, 1.807) is 6.07 Å². The van der Waals surface area contributed by atoms with E-state index in [2.05, 4.69) is 5.32 Å². The van der Waals surface area contributed by atoms with E-state index in [4.69, 9.17) is 5.73 Å². The van der Waals surface area contributed by atoms with Crippen molar-refractivity contribution in [3.05, 3.63) is 35.4 Å². The van der Waals surface area contributed by atoms with Crippen LogP contribution in [0.25, 0.3) is 0 Å². The maximum atomic E-state index is 13.0. The lowest BCUT2D eigenvalue weighted by atomic mass is 9.69. The van der Waals surface area contributed by atoms with E-state index in [9.17, 15) is 18.0 Å². The van der Waals surface area contributed by atoms with Crippen molar-refractivity contribution in [3.8, 4) is 0 Å². The van der Waals surface area contributed by atoms with Crippen LogP contribution in [0, 0.1) is 0 Å². The Kier molecular flexibility index (Phi) is 5.68. The fourth-order valence-electron chi connectivity index (χ4n) is 3.31. The van der Waals surface area contributed by atoms with Gasteiger partial charge in [0.25, 0.3) is 0 Å². The Morgan fingerprint density at radius 1 is 1.22 bits per heavy atom. The number of halogens is 3. The molecule has 0 saturated heterocycles. The molecule has 0 radical (unpaired) electrons. The lowest BCUT2D eigenvalue weighted by Gasteiger charge is -2.38. The Bertz CT molecular complexity index is 537. The quantitative estimate of drug-likeness (QED) is 0.871. The molecule has 0 unspecified atom stereocenters. The number of carbonyl (C=O) groups excluding carboxylic acids is 1. The minimum Gasteiger partial charge on any atom is -0.355 e. The van der Waals surface area contributed by atoms with Gasteiger partial charge in [-0.25, -0.2) is 0 Å². The second kappa shape index (κ2) is 7.34. The first-order valence-corrected chi connectivity index (χ1v) is 8.02. The van der Waals surface area contributed by atoms with E-state index >= 15 is 0 Å². The fourth-order valence-corrected chi connectivity index (χ4v) is 3.31. The Morgan fingerprint density at radius 3 is 2.52 bits per heavy atom. The third kappa shape index (κ3) is 4.47. The van der Waals surface area contributed by atoms with Gasteiger partial charge in [-0.1, -0.05) is 37.5 Å². The summed E-state index contributed by atoms with van der Waals surface area (Å²) >= 11 is 0. The Labute approximate surface area is 134 Å². The highest BCUT2D eigenvalue weighted by molar-refractivity contribution is 5.76. The van der Waals surface area contributed by atoms with Crippen molar-refractivity contribution in [2.45, 2.75) is 50.1 Å². The van der Waals surface area contributed by atoms with Gasteiger partial charge in [-0.15, -0.1) is 0 Å². The number of nitrogens with two attached hydrogens (primary N) is 1. The molecule has 0 bridgehead atoms. The largest absolute Gasteiger partial charge is 0.416 e. The van der Waals surface area contributed by atoms with Crippen LogP contribution in [-0.2, 0) is 16.4 Å². The van der Waals surface area contributed by atoms with Gasteiger partial charge < -0.3 is 11.1 Å². The topological polar surface area (TPSA) is 55.1 Å². The number of alkyl halides is 3.